The number of hydrogen-bond acceptors (Lipinski definition) is 5. The normalized spacial score (nSPS) is 22.6. The van der Waals surface area contributed by atoms with Crippen LogP contribution in [0.5, 0.6) is 5.88 Å². The number of morpholine rings is 1. The largest absolute Gasteiger partial charge is 0.481 e. The molecule has 38 heavy (non-hydrogen) atoms. The van der Waals surface area contributed by atoms with Crippen LogP contribution >= 0.6 is 11.6 Å². The molecule has 1 aromatic carbocycles. The molecule has 0 spiro atoms. The smallest absolute Gasteiger partial charge is 0.312 e. The van der Waals surface area contributed by atoms with E-state index in [4.69, 9.17) is 21.1 Å². The van der Waals surface area contributed by atoms with Gasteiger partial charge in [-0.1, -0.05) is 11.6 Å². The number of anilines is 1. The van der Waals surface area contributed by atoms with E-state index < -0.39 is 28.7 Å². The number of nitrogens with one attached hydrogen (secondary N) is 1. The molecule has 7 nitrogen and oxygen atoms in total. The van der Waals surface area contributed by atoms with Crippen LogP contribution in [0.4, 0.5) is 18.9 Å². The number of H-pyrrole nitrogens is 1. The van der Waals surface area contributed by atoms with Crippen LogP contribution in [-0.4, -0.2) is 59.1 Å². The van der Waals surface area contributed by atoms with E-state index in [1.165, 1.54) is 32.0 Å². The number of aromatic nitrogens is 2. The average molecular weight is 552 g/mol. The first-order chi connectivity index (χ1) is 18.0. The molecule has 0 unspecified atom stereocenters. The monoisotopic (exact) mass is 551 g/mol. The lowest BCUT2D eigenvalue weighted by molar-refractivity contribution is -0.160. The van der Waals surface area contributed by atoms with Gasteiger partial charge in [0.2, 0.25) is 0 Å². The predicted molar refractivity (Wildman–Crippen MR) is 138 cm³/mol. The number of pyridine rings is 1. The van der Waals surface area contributed by atoms with Crippen LogP contribution in [0.15, 0.2) is 24.3 Å². The standard InChI is InChI=1S/C27H29ClF3N3O4/c1-26(2,25(35)36)27(31)5-3-16(4-6-27)38-22-14-21-20(32-22)13-17(28)24(33-21)23-18(29)11-15(12-19(23)30)34-7-9-37-10-8-34/h11-14,16,32H,3-10H2,1-2H3,(H,35,36). The number of ether oxygens (including phenoxy) is 2. The van der Waals surface area contributed by atoms with Crippen molar-refractivity contribution in [3.63, 3.8) is 0 Å². The van der Waals surface area contributed by atoms with E-state index in [-0.39, 0.29) is 35.2 Å². The maximum Gasteiger partial charge on any atom is 0.312 e. The summed E-state index contributed by atoms with van der Waals surface area (Å²) in [5.41, 5.74) is -2.32. The summed E-state index contributed by atoms with van der Waals surface area (Å²) < 4.78 is 57.0. The molecule has 0 bridgehead atoms. The zero-order chi connectivity index (χ0) is 27.2. The third-order valence-electron chi connectivity index (χ3n) is 7.84. The Labute approximate surface area is 222 Å². The number of halogens is 4. The van der Waals surface area contributed by atoms with Crippen LogP contribution in [0.3, 0.4) is 0 Å². The highest BCUT2D eigenvalue weighted by Gasteiger charge is 2.52. The summed E-state index contributed by atoms with van der Waals surface area (Å²) in [7, 11) is 0. The minimum atomic E-state index is -1.82. The van der Waals surface area contributed by atoms with Crippen LogP contribution in [-0.2, 0) is 9.53 Å². The highest BCUT2D eigenvalue weighted by molar-refractivity contribution is 6.33. The van der Waals surface area contributed by atoms with Crippen LogP contribution in [0.2, 0.25) is 5.02 Å². The molecule has 11 heteroatoms. The highest BCUT2D eigenvalue weighted by atomic mass is 35.5. The number of nitrogens with zero attached hydrogens (tertiary/aromatic N) is 2. The molecule has 1 saturated heterocycles. The van der Waals surface area contributed by atoms with Crippen LogP contribution in [0.25, 0.3) is 22.3 Å². The minimum absolute atomic E-state index is 0.0241. The lowest BCUT2D eigenvalue weighted by atomic mass is 9.68. The lowest BCUT2D eigenvalue weighted by Crippen LogP contribution is -2.49. The predicted octanol–water partition coefficient (Wildman–Crippen LogP) is 6.14. The summed E-state index contributed by atoms with van der Waals surface area (Å²) >= 11 is 6.40. The molecule has 5 rings (SSSR count). The maximum absolute atomic E-state index is 15.4. The van der Waals surface area contributed by atoms with E-state index in [9.17, 15) is 9.90 Å². The number of carbonyl (C=O) groups is 1. The zero-order valence-corrected chi connectivity index (χ0v) is 21.9. The van der Waals surface area contributed by atoms with Gasteiger partial charge in [0.25, 0.3) is 0 Å². The quantitative estimate of drug-likeness (QED) is 0.383. The first-order valence-corrected chi connectivity index (χ1v) is 13.0. The number of carboxylic acids is 1. The fourth-order valence-electron chi connectivity index (χ4n) is 5.20. The molecule has 0 atom stereocenters. The van der Waals surface area contributed by atoms with Crippen molar-refractivity contribution < 1.29 is 32.5 Å². The van der Waals surface area contributed by atoms with Gasteiger partial charge in [-0.15, -0.1) is 0 Å². The second-order valence-electron chi connectivity index (χ2n) is 10.5. The van der Waals surface area contributed by atoms with Crippen molar-refractivity contribution in [2.75, 3.05) is 31.2 Å². The molecule has 2 aliphatic rings. The summed E-state index contributed by atoms with van der Waals surface area (Å²) in [6, 6.07) is 5.68. The van der Waals surface area contributed by atoms with Gasteiger partial charge in [-0.05, 0) is 57.7 Å². The molecular formula is C27H29ClF3N3O4. The number of aliphatic carboxylic acids is 1. The molecule has 1 aliphatic heterocycles. The molecular weight excluding hydrogens is 523 g/mol. The van der Waals surface area contributed by atoms with Crippen LogP contribution < -0.4 is 9.64 Å². The van der Waals surface area contributed by atoms with Gasteiger partial charge < -0.3 is 24.5 Å². The molecule has 204 valence electrons. The van der Waals surface area contributed by atoms with Crippen molar-refractivity contribution in [3.05, 3.63) is 40.9 Å². The summed E-state index contributed by atoms with van der Waals surface area (Å²) in [5.74, 6) is -2.35. The van der Waals surface area contributed by atoms with Gasteiger partial charge in [0, 0.05) is 24.8 Å². The molecule has 3 heterocycles. The molecule has 1 saturated carbocycles. The van der Waals surface area contributed by atoms with Crippen molar-refractivity contribution in [3.8, 4) is 17.1 Å². The van der Waals surface area contributed by atoms with Crippen molar-refractivity contribution in [1.29, 1.82) is 0 Å². The molecule has 0 radical (unpaired) electrons. The van der Waals surface area contributed by atoms with E-state index in [0.717, 1.165) is 0 Å². The van der Waals surface area contributed by atoms with Gasteiger partial charge in [-0.25, -0.2) is 18.2 Å². The number of fused-ring (bicyclic) bond motifs is 1. The maximum atomic E-state index is 15.4. The van der Waals surface area contributed by atoms with Gasteiger partial charge in [0.05, 0.1) is 45.9 Å². The van der Waals surface area contributed by atoms with E-state index >= 15 is 13.2 Å². The van der Waals surface area contributed by atoms with Gasteiger partial charge in [-0.3, -0.25) is 4.79 Å². The SMILES string of the molecule is CC(C)(C(=O)O)C1(F)CCC(Oc2cc3nc(-c4c(F)cc(N5CCOCC5)cc4F)c(Cl)cc3[nH]2)CC1. The molecule has 0 amide bonds. The van der Waals surface area contributed by atoms with Crippen molar-refractivity contribution >= 4 is 34.3 Å². The number of hydrogen-bond donors (Lipinski definition) is 2. The second-order valence-corrected chi connectivity index (χ2v) is 10.9. The van der Waals surface area contributed by atoms with E-state index in [2.05, 4.69) is 9.97 Å². The first kappa shape index (κ1) is 26.6. The summed E-state index contributed by atoms with van der Waals surface area (Å²) in [6.07, 6.45) is 0.477. The molecule has 2 fully saturated rings. The van der Waals surface area contributed by atoms with Crippen molar-refractivity contribution in [2.45, 2.75) is 51.3 Å². The van der Waals surface area contributed by atoms with E-state index in [0.29, 0.717) is 61.7 Å². The highest BCUT2D eigenvalue weighted by Crippen LogP contribution is 2.46. The van der Waals surface area contributed by atoms with Crippen molar-refractivity contribution in [1.82, 2.24) is 9.97 Å². The molecule has 3 aromatic rings. The first-order valence-electron chi connectivity index (χ1n) is 12.6. The van der Waals surface area contributed by atoms with Gasteiger partial charge in [0.1, 0.15) is 23.4 Å². The Bertz CT molecular complexity index is 1340. The fourth-order valence-corrected chi connectivity index (χ4v) is 5.44. The van der Waals surface area contributed by atoms with E-state index in [1.807, 2.05) is 4.90 Å². The average Bonchev–Trinajstić information content (AvgIpc) is 3.26. The van der Waals surface area contributed by atoms with Gasteiger partial charge in [-0.2, -0.15) is 0 Å². The number of carboxylic acid groups (broad SMARTS) is 1. The summed E-state index contributed by atoms with van der Waals surface area (Å²) in [4.78, 5) is 20.9. The third-order valence-corrected chi connectivity index (χ3v) is 8.13. The van der Waals surface area contributed by atoms with Crippen LogP contribution in [0, 0.1) is 17.0 Å². The number of rotatable bonds is 6. The Morgan fingerprint density at radius 2 is 1.82 bits per heavy atom. The molecule has 2 aromatic heterocycles. The number of aromatic amines is 1. The molecule has 1 aliphatic carbocycles. The second kappa shape index (κ2) is 9.96. The Morgan fingerprint density at radius 1 is 1.18 bits per heavy atom. The minimum Gasteiger partial charge on any atom is -0.481 e. The zero-order valence-electron chi connectivity index (χ0n) is 21.1. The Morgan fingerprint density at radius 3 is 2.42 bits per heavy atom. The number of benzene rings is 1. The fraction of sp³-hybridized carbons (Fsp3) is 0.481. The third kappa shape index (κ3) is 4.80. The van der Waals surface area contributed by atoms with Gasteiger partial charge in [0.15, 0.2) is 5.88 Å². The topological polar surface area (TPSA) is 87.7 Å². The number of alkyl halides is 1. The summed E-state index contributed by atoms with van der Waals surface area (Å²) in [5, 5.41) is 9.50. The van der Waals surface area contributed by atoms with Crippen LogP contribution in [0.1, 0.15) is 39.5 Å². The van der Waals surface area contributed by atoms with Gasteiger partial charge >= 0.3 is 5.97 Å². The Kier molecular flexibility index (Phi) is 6.98. The Hall–Kier alpha value is -2.98. The van der Waals surface area contributed by atoms with E-state index in [1.54, 1.807) is 6.07 Å². The van der Waals surface area contributed by atoms with Crippen molar-refractivity contribution in [2.24, 2.45) is 5.41 Å². The molecule has 2 N–H and O–H groups in total. The Balaban J connectivity index is 1.35. The summed E-state index contributed by atoms with van der Waals surface area (Å²) in [6.45, 7) is 4.87. The lowest BCUT2D eigenvalue weighted by Gasteiger charge is -2.41.